The number of carbonyl (C=O) groups is 1. The number of aryl methyl sites for hydroxylation is 2. The summed E-state index contributed by atoms with van der Waals surface area (Å²) in [6, 6.07) is 1.49. The summed E-state index contributed by atoms with van der Waals surface area (Å²) in [4.78, 5) is 12.6. The molecule has 1 aromatic heterocycles. The molecule has 1 aromatic carbocycles. The van der Waals surface area contributed by atoms with Gasteiger partial charge in [0.05, 0.1) is 18.8 Å². The summed E-state index contributed by atoms with van der Waals surface area (Å²) in [5.74, 6) is 0.121. The Kier molecular flexibility index (Phi) is 5.37. The predicted octanol–water partition coefficient (Wildman–Crippen LogP) is 2.56. The van der Waals surface area contributed by atoms with Gasteiger partial charge in [-0.15, -0.1) is 0 Å². The third-order valence-corrected chi connectivity index (χ3v) is 7.55. The van der Waals surface area contributed by atoms with Gasteiger partial charge in [0.2, 0.25) is 5.88 Å². The predicted molar refractivity (Wildman–Crippen MR) is 118 cm³/mol. The smallest absolute Gasteiger partial charge is 0.333 e. The Morgan fingerprint density at radius 1 is 1.19 bits per heavy atom. The molecule has 0 bridgehead atoms. The van der Waals surface area contributed by atoms with E-state index in [9.17, 15) is 13.2 Å². The number of ether oxygens (including phenoxy) is 2. The van der Waals surface area contributed by atoms with E-state index in [1.54, 1.807) is 0 Å². The molecule has 1 unspecified atom stereocenters. The van der Waals surface area contributed by atoms with E-state index in [4.69, 9.17) is 9.47 Å². The van der Waals surface area contributed by atoms with Crippen LogP contribution in [-0.4, -0.2) is 43.0 Å². The topological polar surface area (TPSA) is 112 Å². The maximum Gasteiger partial charge on any atom is 0.333 e. The standard InChI is InChI=1S/C22H28N4O5S/c1-13(2)31-16-11-26-21(30-12-16)19(10-23-26)32(28,29)25-22(27)24-20-17-7-3-5-14(17)9-15-6-4-8-18(15)20/h9-10,13,16H,3-8,11-12H2,1-2H3,(H2,24,25,27). The van der Waals surface area contributed by atoms with Gasteiger partial charge in [0.25, 0.3) is 10.0 Å². The van der Waals surface area contributed by atoms with E-state index in [1.807, 2.05) is 13.8 Å². The molecular weight excluding hydrogens is 432 g/mol. The van der Waals surface area contributed by atoms with Gasteiger partial charge in [-0.25, -0.2) is 22.6 Å². The minimum atomic E-state index is -4.16. The fourth-order valence-electron chi connectivity index (χ4n) is 4.98. The Bertz CT molecular complexity index is 1140. The molecule has 172 valence electrons. The van der Waals surface area contributed by atoms with Crippen LogP contribution in [-0.2, 0) is 47.0 Å². The van der Waals surface area contributed by atoms with Crippen molar-refractivity contribution in [3.8, 4) is 5.88 Å². The molecule has 2 aromatic rings. The Morgan fingerprint density at radius 3 is 2.53 bits per heavy atom. The van der Waals surface area contributed by atoms with E-state index < -0.39 is 16.1 Å². The van der Waals surface area contributed by atoms with Crippen LogP contribution >= 0.6 is 0 Å². The van der Waals surface area contributed by atoms with Crippen LogP contribution in [0.5, 0.6) is 5.88 Å². The van der Waals surface area contributed by atoms with Crippen LogP contribution in [0, 0.1) is 0 Å². The van der Waals surface area contributed by atoms with Crippen LogP contribution in [0.15, 0.2) is 17.2 Å². The fourth-order valence-corrected chi connectivity index (χ4v) is 5.97. The zero-order chi connectivity index (χ0) is 22.5. The zero-order valence-electron chi connectivity index (χ0n) is 18.3. The van der Waals surface area contributed by atoms with Gasteiger partial charge in [0, 0.05) is 5.69 Å². The van der Waals surface area contributed by atoms with Gasteiger partial charge in [-0.2, -0.15) is 5.10 Å². The molecular formula is C22H28N4O5S. The van der Waals surface area contributed by atoms with E-state index in [0.29, 0.717) is 6.54 Å². The summed E-state index contributed by atoms with van der Waals surface area (Å²) in [5, 5.41) is 6.98. The Labute approximate surface area is 187 Å². The van der Waals surface area contributed by atoms with Gasteiger partial charge in [0.1, 0.15) is 12.7 Å². The molecule has 0 saturated heterocycles. The lowest BCUT2D eigenvalue weighted by Crippen LogP contribution is -2.37. The van der Waals surface area contributed by atoms with Gasteiger partial charge in [-0.05, 0) is 74.6 Å². The van der Waals surface area contributed by atoms with Gasteiger partial charge < -0.3 is 14.8 Å². The number of nitrogens with one attached hydrogen (secondary N) is 2. The number of amides is 2. The number of hydrogen-bond acceptors (Lipinski definition) is 6. The Morgan fingerprint density at radius 2 is 1.88 bits per heavy atom. The molecule has 9 nitrogen and oxygen atoms in total. The Hall–Kier alpha value is -2.59. The second kappa shape index (κ2) is 8.08. The second-order valence-corrected chi connectivity index (χ2v) is 10.6. The van der Waals surface area contributed by atoms with Crippen molar-refractivity contribution in [3.05, 3.63) is 34.5 Å². The molecule has 2 N–H and O–H groups in total. The molecule has 0 saturated carbocycles. The number of rotatable bonds is 5. The number of sulfonamides is 1. The molecule has 10 heteroatoms. The molecule has 3 aliphatic rings. The monoisotopic (exact) mass is 460 g/mol. The maximum absolute atomic E-state index is 13.0. The third-order valence-electron chi connectivity index (χ3n) is 6.23. The number of anilines is 1. The van der Waals surface area contributed by atoms with E-state index in [1.165, 1.54) is 22.0 Å². The van der Waals surface area contributed by atoms with Crippen LogP contribution in [0.1, 0.15) is 48.9 Å². The first-order chi connectivity index (χ1) is 15.3. The van der Waals surface area contributed by atoms with Crippen molar-refractivity contribution in [1.29, 1.82) is 0 Å². The normalized spacial score (nSPS) is 19.3. The van der Waals surface area contributed by atoms with Crippen molar-refractivity contribution >= 4 is 21.7 Å². The van der Waals surface area contributed by atoms with Crippen LogP contribution in [0.25, 0.3) is 0 Å². The number of carbonyl (C=O) groups excluding carboxylic acids is 1. The van der Waals surface area contributed by atoms with E-state index in [2.05, 4.69) is 21.2 Å². The summed E-state index contributed by atoms with van der Waals surface area (Å²) in [7, 11) is -4.16. The molecule has 5 rings (SSSR count). The number of hydrogen-bond donors (Lipinski definition) is 2. The van der Waals surface area contributed by atoms with Crippen LogP contribution in [0.2, 0.25) is 0 Å². The first kappa shape index (κ1) is 21.3. The highest BCUT2D eigenvalue weighted by molar-refractivity contribution is 7.90. The molecule has 1 atom stereocenters. The van der Waals surface area contributed by atoms with E-state index in [-0.39, 0.29) is 29.6 Å². The quantitative estimate of drug-likeness (QED) is 0.709. The molecule has 0 radical (unpaired) electrons. The van der Waals surface area contributed by atoms with E-state index >= 15 is 0 Å². The van der Waals surface area contributed by atoms with E-state index in [0.717, 1.165) is 55.3 Å². The number of aromatic nitrogens is 2. The van der Waals surface area contributed by atoms with Crippen LogP contribution in [0.4, 0.5) is 10.5 Å². The fraction of sp³-hybridized carbons (Fsp3) is 0.545. The second-order valence-electron chi connectivity index (χ2n) is 8.91. The molecule has 2 amide bonds. The zero-order valence-corrected chi connectivity index (χ0v) is 19.1. The highest BCUT2D eigenvalue weighted by Crippen LogP contribution is 2.38. The molecule has 2 aliphatic carbocycles. The van der Waals surface area contributed by atoms with Crippen LogP contribution < -0.4 is 14.8 Å². The minimum Gasteiger partial charge on any atom is -0.474 e. The molecule has 2 heterocycles. The number of urea groups is 1. The number of benzene rings is 1. The molecule has 0 fully saturated rings. The lowest BCUT2D eigenvalue weighted by Gasteiger charge is -2.26. The van der Waals surface area contributed by atoms with Crippen molar-refractivity contribution in [2.75, 3.05) is 11.9 Å². The highest BCUT2D eigenvalue weighted by atomic mass is 32.2. The average Bonchev–Trinajstić information content (AvgIpc) is 3.45. The summed E-state index contributed by atoms with van der Waals surface area (Å²) in [6.07, 6.45) is 6.91. The van der Waals surface area contributed by atoms with Crippen molar-refractivity contribution in [3.63, 3.8) is 0 Å². The molecule has 32 heavy (non-hydrogen) atoms. The van der Waals surface area contributed by atoms with Crippen molar-refractivity contribution in [1.82, 2.24) is 14.5 Å². The number of fused-ring (bicyclic) bond motifs is 3. The van der Waals surface area contributed by atoms with Gasteiger partial charge in [-0.3, -0.25) is 0 Å². The Balaban J connectivity index is 1.34. The molecule has 1 aliphatic heterocycles. The summed E-state index contributed by atoms with van der Waals surface area (Å²) >= 11 is 0. The highest BCUT2D eigenvalue weighted by Gasteiger charge is 2.32. The minimum absolute atomic E-state index is 0.0233. The van der Waals surface area contributed by atoms with Gasteiger partial charge in [-0.1, -0.05) is 6.07 Å². The van der Waals surface area contributed by atoms with Crippen LogP contribution in [0.3, 0.4) is 0 Å². The third kappa shape index (κ3) is 3.86. The first-order valence-corrected chi connectivity index (χ1v) is 12.6. The van der Waals surface area contributed by atoms with Crippen molar-refractivity contribution < 1.29 is 22.7 Å². The van der Waals surface area contributed by atoms with Gasteiger partial charge in [0.15, 0.2) is 4.90 Å². The average molecular weight is 461 g/mol. The van der Waals surface area contributed by atoms with Crippen molar-refractivity contribution in [2.24, 2.45) is 0 Å². The summed E-state index contributed by atoms with van der Waals surface area (Å²) in [6.45, 7) is 4.46. The largest absolute Gasteiger partial charge is 0.474 e. The molecule has 0 spiro atoms. The summed E-state index contributed by atoms with van der Waals surface area (Å²) in [5.41, 5.74) is 5.60. The SMILES string of the molecule is CC(C)OC1COc2c(S(=O)(=O)NC(=O)Nc3c4c(cc5c3CCC5)CCC4)cnn2C1. The summed E-state index contributed by atoms with van der Waals surface area (Å²) < 4.78 is 40.9. The number of nitrogens with zero attached hydrogens (tertiary/aromatic N) is 2. The van der Waals surface area contributed by atoms with Gasteiger partial charge >= 0.3 is 6.03 Å². The lowest BCUT2D eigenvalue weighted by atomic mass is 9.99. The van der Waals surface area contributed by atoms with Crippen molar-refractivity contribution in [2.45, 2.75) is 76.0 Å². The lowest BCUT2D eigenvalue weighted by molar-refractivity contribution is -0.0444. The maximum atomic E-state index is 13.0. The first-order valence-electron chi connectivity index (χ1n) is 11.2.